The van der Waals surface area contributed by atoms with E-state index >= 15 is 0 Å². The van der Waals surface area contributed by atoms with Crippen LogP contribution in [0.4, 0.5) is 8.78 Å². The monoisotopic (exact) mass is 354 g/mol. The van der Waals surface area contributed by atoms with Gasteiger partial charge < -0.3 is 5.32 Å². The summed E-state index contributed by atoms with van der Waals surface area (Å²) in [6, 6.07) is 5.80. The van der Waals surface area contributed by atoms with E-state index in [9.17, 15) is 8.78 Å². The fourth-order valence-electron chi connectivity index (χ4n) is 2.31. The summed E-state index contributed by atoms with van der Waals surface area (Å²) in [6.45, 7) is 2.79. The summed E-state index contributed by atoms with van der Waals surface area (Å²) in [6.07, 6.45) is 4.77. The maximum Gasteiger partial charge on any atom is 0.129 e. The van der Waals surface area contributed by atoms with Crippen LogP contribution >= 0.6 is 15.9 Å². The second-order valence-electron chi connectivity index (χ2n) is 4.91. The minimum atomic E-state index is -0.549. The van der Waals surface area contributed by atoms with Gasteiger partial charge in [0.15, 0.2) is 0 Å². The van der Waals surface area contributed by atoms with E-state index in [-0.39, 0.29) is 6.04 Å². The van der Waals surface area contributed by atoms with Crippen molar-refractivity contribution in [1.82, 2.24) is 10.3 Å². The maximum absolute atomic E-state index is 13.8. The molecule has 1 aromatic carbocycles. The molecule has 0 radical (unpaired) electrons. The highest BCUT2D eigenvalue weighted by Crippen LogP contribution is 2.16. The third-order valence-electron chi connectivity index (χ3n) is 3.22. The van der Waals surface area contributed by atoms with E-state index in [0.29, 0.717) is 12.0 Å². The first kappa shape index (κ1) is 16.0. The van der Waals surface area contributed by atoms with Crippen molar-refractivity contribution in [2.75, 3.05) is 6.54 Å². The van der Waals surface area contributed by atoms with Crippen molar-refractivity contribution in [3.05, 3.63) is 63.9 Å². The third kappa shape index (κ3) is 4.86. The van der Waals surface area contributed by atoms with Crippen LogP contribution in [0.25, 0.3) is 0 Å². The van der Waals surface area contributed by atoms with Crippen molar-refractivity contribution in [3.8, 4) is 0 Å². The average molecular weight is 355 g/mol. The van der Waals surface area contributed by atoms with Gasteiger partial charge in [-0.3, -0.25) is 4.98 Å². The van der Waals surface area contributed by atoms with E-state index in [1.807, 2.05) is 13.0 Å². The minimum Gasteiger partial charge on any atom is -0.314 e. The summed E-state index contributed by atoms with van der Waals surface area (Å²) in [4.78, 5) is 4.14. The molecule has 21 heavy (non-hydrogen) atoms. The van der Waals surface area contributed by atoms with Crippen molar-refractivity contribution in [3.63, 3.8) is 0 Å². The van der Waals surface area contributed by atoms with Crippen molar-refractivity contribution < 1.29 is 8.78 Å². The fourth-order valence-corrected chi connectivity index (χ4v) is 2.72. The predicted octanol–water partition coefficient (Wildman–Crippen LogP) is 3.89. The molecule has 1 aromatic heterocycles. The van der Waals surface area contributed by atoms with E-state index in [1.165, 1.54) is 12.1 Å². The van der Waals surface area contributed by atoms with E-state index in [1.54, 1.807) is 12.4 Å². The Balaban J connectivity index is 2.11. The molecule has 0 bridgehead atoms. The molecule has 0 saturated carbocycles. The van der Waals surface area contributed by atoms with E-state index in [4.69, 9.17) is 0 Å². The van der Waals surface area contributed by atoms with Gasteiger partial charge in [0.05, 0.1) is 0 Å². The van der Waals surface area contributed by atoms with Crippen molar-refractivity contribution in [2.45, 2.75) is 25.8 Å². The number of likely N-dealkylation sites (N-methyl/N-ethyl adjacent to an activating group) is 1. The standard InChI is InChI=1S/C16H17BrF2N2/c1-2-21-15(6-11-5-13(17)10-20-9-11)7-12-3-4-14(18)8-16(12)19/h3-5,8-10,15,21H,2,6-7H2,1H3. The van der Waals surface area contributed by atoms with Crippen molar-refractivity contribution in [1.29, 1.82) is 0 Å². The highest BCUT2D eigenvalue weighted by Gasteiger charge is 2.13. The van der Waals surface area contributed by atoms with Gasteiger partial charge in [0, 0.05) is 29.0 Å². The zero-order valence-corrected chi connectivity index (χ0v) is 13.3. The van der Waals surface area contributed by atoms with Crippen molar-refractivity contribution >= 4 is 15.9 Å². The molecule has 2 aromatic rings. The number of nitrogens with zero attached hydrogens (tertiary/aromatic N) is 1. The molecule has 1 heterocycles. The molecule has 1 unspecified atom stereocenters. The zero-order valence-electron chi connectivity index (χ0n) is 11.7. The summed E-state index contributed by atoms with van der Waals surface area (Å²) in [7, 11) is 0. The summed E-state index contributed by atoms with van der Waals surface area (Å²) in [5.74, 6) is -1.04. The first-order chi connectivity index (χ1) is 10.1. The number of hydrogen-bond donors (Lipinski definition) is 1. The summed E-state index contributed by atoms with van der Waals surface area (Å²) >= 11 is 3.39. The second kappa shape index (κ2) is 7.61. The van der Waals surface area contributed by atoms with Gasteiger partial charge in [0.25, 0.3) is 0 Å². The first-order valence-corrected chi connectivity index (χ1v) is 7.64. The normalized spacial score (nSPS) is 12.4. The smallest absolute Gasteiger partial charge is 0.129 e. The van der Waals surface area contributed by atoms with Crippen LogP contribution in [0.1, 0.15) is 18.1 Å². The number of hydrogen-bond acceptors (Lipinski definition) is 2. The number of benzene rings is 1. The second-order valence-corrected chi connectivity index (χ2v) is 5.83. The van der Waals surface area contributed by atoms with Crippen LogP contribution in [0.2, 0.25) is 0 Å². The van der Waals surface area contributed by atoms with Crippen LogP contribution in [-0.2, 0) is 12.8 Å². The molecule has 0 aliphatic rings. The summed E-state index contributed by atoms with van der Waals surface area (Å²) < 4.78 is 27.6. The number of aromatic nitrogens is 1. The van der Waals surface area contributed by atoms with Crippen LogP contribution in [0.15, 0.2) is 41.1 Å². The Bertz CT molecular complexity index is 605. The Morgan fingerprint density at radius 3 is 2.67 bits per heavy atom. The quantitative estimate of drug-likeness (QED) is 0.851. The lowest BCUT2D eigenvalue weighted by Crippen LogP contribution is -2.33. The lowest BCUT2D eigenvalue weighted by molar-refractivity contribution is 0.501. The molecule has 2 nitrogen and oxygen atoms in total. The van der Waals surface area contributed by atoms with E-state index < -0.39 is 11.6 Å². The van der Waals surface area contributed by atoms with Crippen molar-refractivity contribution in [2.24, 2.45) is 0 Å². The Kier molecular flexibility index (Phi) is 5.82. The van der Waals surface area contributed by atoms with Gasteiger partial charge in [0.1, 0.15) is 11.6 Å². The van der Waals surface area contributed by atoms with Gasteiger partial charge in [-0.15, -0.1) is 0 Å². The van der Waals surface area contributed by atoms with E-state index in [2.05, 4.69) is 26.2 Å². The maximum atomic E-state index is 13.8. The van der Waals surface area contributed by atoms with Crippen LogP contribution in [0.5, 0.6) is 0 Å². The molecular weight excluding hydrogens is 338 g/mol. The number of rotatable bonds is 6. The number of pyridine rings is 1. The summed E-state index contributed by atoms with van der Waals surface area (Å²) in [5, 5.41) is 3.34. The van der Waals surface area contributed by atoms with Crippen LogP contribution in [0, 0.1) is 11.6 Å². The molecule has 0 fully saturated rings. The van der Waals surface area contributed by atoms with Gasteiger partial charge in [-0.05, 0) is 58.6 Å². The van der Waals surface area contributed by atoms with Gasteiger partial charge >= 0.3 is 0 Å². The molecule has 0 spiro atoms. The van der Waals surface area contributed by atoms with Crippen LogP contribution in [0.3, 0.4) is 0 Å². The lowest BCUT2D eigenvalue weighted by Gasteiger charge is -2.18. The zero-order chi connectivity index (χ0) is 15.2. The lowest BCUT2D eigenvalue weighted by atomic mass is 9.99. The number of halogens is 3. The van der Waals surface area contributed by atoms with Gasteiger partial charge in [-0.2, -0.15) is 0 Å². The molecule has 1 atom stereocenters. The van der Waals surface area contributed by atoms with Gasteiger partial charge in [-0.1, -0.05) is 13.0 Å². The molecule has 0 saturated heterocycles. The third-order valence-corrected chi connectivity index (χ3v) is 3.65. The molecule has 0 aliphatic carbocycles. The van der Waals surface area contributed by atoms with Gasteiger partial charge in [-0.25, -0.2) is 8.78 Å². The Morgan fingerprint density at radius 1 is 1.19 bits per heavy atom. The SMILES string of the molecule is CCNC(Cc1cncc(Br)c1)Cc1ccc(F)cc1F. The number of nitrogens with one attached hydrogen (secondary N) is 1. The first-order valence-electron chi connectivity index (χ1n) is 6.85. The van der Waals surface area contributed by atoms with Gasteiger partial charge in [0.2, 0.25) is 0 Å². The molecule has 0 amide bonds. The van der Waals surface area contributed by atoms with E-state index in [0.717, 1.165) is 29.1 Å². The fraction of sp³-hybridized carbons (Fsp3) is 0.312. The predicted molar refractivity (Wildman–Crippen MR) is 83.2 cm³/mol. The molecule has 5 heteroatoms. The van der Waals surface area contributed by atoms with Crippen LogP contribution in [-0.4, -0.2) is 17.6 Å². The highest BCUT2D eigenvalue weighted by atomic mass is 79.9. The molecule has 0 aliphatic heterocycles. The highest BCUT2D eigenvalue weighted by molar-refractivity contribution is 9.10. The topological polar surface area (TPSA) is 24.9 Å². The van der Waals surface area contributed by atoms with Crippen LogP contribution < -0.4 is 5.32 Å². The molecular formula is C16H17BrF2N2. The average Bonchev–Trinajstić information content (AvgIpc) is 2.42. The summed E-state index contributed by atoms with van der Waals surface area (Å²) in [5.41, 5.74) is 1.59. The molecule has 1 N–H and O–H groups in total. The Hall–Kier alpha value is -1.33. The molecule has 2 rings (SSSR count). The molecule has 112 valence electrons. The minimum absolute atomic E-state index is 0.0751. The largest absolute Gasteiger partial charge is 0.314 e. The Morgan fingerprint density at radius 2 is 2.00 bits per heavy atom. The Labute approximate surface area is 131 Å².